The maximum atomic E-state index is 4.42. The third kappa shape index (κ3) is 1.02. The van der Waals surface area contributed by atoms with Crippen molar-refractivity contribution in [1.82, 2.24) is 9.97 Å². The lowest BCUT2D eigenvalue weighted by atomic mass is 10.2. The van der Waals surface area contributed by atoms with Crippen molar-refractivity contribution in [3.8, 4) is 0 Å². The van der Waals surface area contributed by atoms with Gasteiger partial charge in [-0.25, -0.2) is 9.97 Å². The van der Waals surface area contributed by atoms with Crippen molar-refractivity contribution in [3.63, 3.8) is 0 Å². The predicted octanol–water partition coefficient (Wildman–Crippen LogP) is 3.15. The highest BCUT2D eigenvalue weighted by molar-refractivity contribution is 7.25. The maximum absolute atomic E-state index is 4.42. The number of aryl methyl sites for hydroxylation is 1. The van der Waals surface area contributed by atoms with E-state index in [1.54, 1.807) is 11.3 Å². The van der Waals surface area contributed by atoms with Gasteiger partial charge in [-0.1, -0.05) is 18.2 Å². The zero-order chi connectivity index (χ0) is 9.54. The first kappa shape index (κ1) is 7.88. The fraction of sp³-hybridized carbons (Fsp3) is 0.0909. The molecule has 2 aromatic heterocycles. The van der Waals surface area contributed by atoms with E-state index in [0.29, 0.717) is 0 Å². The Morgan fingerprint density at radius 1 is 1.14 bits per heavy atom. The highest BCUT2D eigenvalue weighted by Gasteiger charge is 2.05. The second-order valence-corrected chi connectivity index (χ2v) is 4.26. The Kier molecular flexibility index (Phi) is 1.55. The lowest BCUT2D eigenvalue weighted by molar-refractivity contribution is 1.10. The van der Waals surface area contributed by atoms with Crippen LogP contribution in [0.4, 0.5) is 0 Å². The molecule has 3 heteroatoms. The van der Waals surface area contributed by atoms with E-state index >= 15 is 0 Å². The molecule has 0 spiro atoms. The van der Waals surface area contributed by atoms with Gasteiger partial charge in [0.2, 0.25) is 0 Å². The molecular weight excluding hydrogens is 192 g/mol. The van der Waals surface area contributed by atoms with Crippen LogP contribution in [0, 0.1) is 6.92 Å². The number of hydrogen-bond acceptors (Lipinski definition) is 3. The largest absolute Gasteiger partial charge is 0.241 e. The average Bonchev–Trinajstić information content (AvgIpc) is 2.54. The zero-order valence-corrected chi connectivity index (χ0v) is 8.51. The first-order valence-electron chi connectivity index (χ1n) is 4.45. The molecule has 0 aliphatic carbocycles. The van der Waals surface area contributed by atoms with Crippen molar-refractivity contribution in [1.29, 1.82) is 0 Å². The van der Waals surface area contributed by atoms with E-state index in [2.05, 4.69) is 28.2 Å². The quantitative estimate of drug-likeness (QED) is 0.557. The van der Waals surface area contributed by atoms with Crippen LogP contribution in [0.3, 0.4) is 0 Å². The van der Waals surface area contributed by atoms with Crippen molar-refractivity contribution in [3.05, 3.63) is 36.3 Å². The lowest BCUT2D eigenvalue weighted by Gasteiger charge is -1.90. The van der Waals surface area contributed by atoms with Crippen LogP contribution in [0.2, 0.25) is 0 Å². The van der Waals surface area contributed by atoms with Gasteiger partial charge in [0.1, 0.15) is 10.7 Å². The molecule has 0 amide bonds. The number of rotatable bonds is 0. The molecule has 68 valence electrons. The number of hydrogen-bond donors (Lipinski definition) is 0. The molecule has 1 aromatic carbocycles. The molecule has 0 radical (unpaired) electrons. The molecule has 0 atom stereocenters. The minimum atomic E-state index is 0.837. The molecule has 0 N–H and O–H groups in total. The summed E-state index contributed by atoms with van der Waals surface area (Å²) < 4.78 is 1.28. The summed E-state index contributed by atoms with van der Waals surface area (Å²) >= 11 is 1.72. The van der Waals surface area contributed by atoms with Gasteiger partial charge in [0.05, 0.1) is 0 Å². The summed E-state index contributed by atoms with van der Waals surface area (Å²) in [5, 5.41) is 2.42. The van der Waals surface area contributed by atoms with Crippen LogP contribution in [-0.2, 0) is 0 Å². The Bertz CT molecular complexity index is 613. The second kappa shape index (κ2) is 2.75. The first-order valence-corrected chi connectivity index (χ1v) is 5.27. The average molecular weight is 200 g/mol. The van der Waals surface area contributed by atoms with Crippen molar-refractivity contribution < 1.29 is 0 Å². The molecule has 14 heavy (non-hydrogen) atoms. The van der Waals surface area contributed by atoms with Gasteiger partial charge < -0.3 is 0 Å². The third-order valence-corrected chi connectivity index (χ3v) is 3.34. The number of aromatic nitrogens is 2. The Hall–Kier alpha value is -1.48. The van der Waals surface area contributed by atoms with E-state index in [4.69, 9.17) is 0 Å². The second-order valence-electron chi connectivity index (χ2n) is 3.23. The lowest BCUT2D eigenvalue weighted by Crippen LogP contribution is -1.83. The van der Waals surface area contributed by atoms with Gasteiger partial charge in [-0.15, -0.1) is 11.3 Å². The predicted molar refractivity (Wildman–Crippen MR) is 59.7 cm³/mol. The molecule has 0 bridgehead atoms. The fourth-order valence-electron chi connectivity index (χ4n) is 1.59. The molecule has 3 aromatic rings. The smallest absolute Gasteiger partial charge is 0.128 e. The third-order valence-electron chi connectivity index (χ3n) is 2.26. The van der Waals surface area contributed by atoms with Crippen LogP contribution >= 0.6 is 11.3 Å². The number of fused-ring (bicyclic) bond motifs is 3. The maximum Gasteiger partial charge on any atom is 0.128 e. The standard InChI is InChI=1S/C11H8N2S/c1-7-12-6-9-8-4-2-3-5-10(8)14-11(9)13-7/h2-6H,1H3. The van der Waals surface area contributed by atoms with Crippen molar-refractivity contribution in [2.24, 2.45) is 0 Å². The van der Waals surface area contributed by atoms with Gasteiger partial charge in [0.15, 0.2) is 0 Å². The van der Waals surface area contributed by atoms with Gasteiger partial charge in [0.25, 0.3) is 0 Å². The van der Waals surface area contributed by atoms with Crippen molar-refractivity contribution in [2.45, 2.75) is 6.92 Å². The van der Waals surface area contributed by atoms with Crippen molar-refractivity contribution in [2.75, 3.05) is 0 Å². The van der Waals surface area contributed by atoms with E-state index in [9.17, 15) is 0 Å². The molecule has 2 heterocycles. The van der Waals surface area contributed by atoms with E-state index in [1.165, 1.54) is 10.1 Å². The monoisotopic (exact) mass is 200 g/mol. The first-order chi connectivity index (χ1) is 6.84. The molecule has 0 fully saturated rings. The summed E-state index contributed by atoms with van der Waals surface area (Å²) in [6.07, 6.45) is 1.91. The van der Waals surface area contributed by atoms with E-state index < -0.39 is 0 Å². The van der Waals surface area contributed by atoms with E-state index in [1.807, 2.05) is 19.2 Å². The molecule has 0 aliphatic heterocycles. The summed E-state index contributed by atoms with van der Waals surface area (Å²) in [7, 11) is 0. The minimum absolute atomic E-state index is 0.837. The molecule has 0 saturated carbocycles. The molecule has 0 unspecified atom stereocenters. The highest BCUT2D eigenvalue weighted by Crippen LogP contribution is 2.31. The molecule has 0 saturated heterocycles. The molecular formula is C11H8N2S. The Labute approximate surface area is 85.2 Å². The number of nitrogens with zero attached hydrogens (tertiary/aromatic N) is 2. The number of thiophene rings is 1. The molecule has 0 aliphatic rings. The van der Waals surface area contributed by atoms with Gasteiger partial charge in [-0.05, 0) is 13.0 Å². The number of benzene rings is 1. The molecule has 2 nitrogen and oxygen atoms in total. The molecule has 3 rings (SSSR count). The fourth-order valence-corrected chi connectivity index (χ4v) is 2.69. The highest BCUT2D eigenvalue weighted by atomic mass is 32.1. The van der Waals surface area contributed by atoms with E-state index in [0.717, 1.165) is 16.0 Å². The van der Waals surface area contributed by atoms with Crippen LogP contribution in [0.25, 0.3) is 20.3 Å². The van der Waals surface area contributed by atoms with Crippen LogP contribution < -0.4 is 0 Å². The summed E-state index contributed by atoms with van der Waals surface area (Å²) in [5.41, 5.74) is 0. The summed E-state index contributed by atoms with van der Waals surface area (Å²) in [5.74, 6) is 0.837. The Morgan fingerprint density at radius 2 is 2.00 bits per heavy atom. The van der Waals surface area contributed by atoms with Crippen LogP contribution in [0.1, 0.15) is 5.82 Å². The van der Waals surface area contributed by atoms with Gasteiger partial charge in [0, 0.05) is 21.7 Å². The summed E-state index contributed by atoms with van der Waals surface area (Å²) in [6.45, 7) is 1.92. The van der Waals surface area contributed by atoms with Gasteiger partial charge in [-0.2, -0.15) is 0 Å². The van der Waals surface area contributed by atoms with Crippen LogP contribution in [-0.4, -0.2) is 9.97 Å². The summed E-state index contributed by atoms with van der Waals surface area (Å²) in [6, 6.07) is 8.34. The van der Waals surface area contributed by atoms with Crippen molar-refractivity contribution >= 4 is 31.6 Å². The zero-order valence-electron chi connectivity index (χ0n) is 7.69. The van der Waals surface area contributed by atoms with Gasteiger partial charge >= 0.3 is 0 Å². The Balaban J connectivity index is 2.57. The van der Waals surface area contributed by atoms with Gasteiger partial charge in [-0.3, -0.25) is 0 Å². The minimum Gasteiger partial charge on any atom is -0.241 e. The SMILES string of the molecule is Cc1ncc2c(n1)sc1ccccc12. The van der Waals surface area contributed by atoms with Crippen LogP contribution in [0.5, 0.6) is 0 Å². The summed E-state index contributed by atoms with van der Waals surface area (Å²) in [4.78, 5) is 9.73. The normalized spacial score (nSPS) is 11.2. The van der Waals surface area contributed by atoms with E-state index in [-0.39, 0.29) is 0 Å². The topological polar surface area (TPSA) is 25.8 Å². The Morgan fingerprint density at radius 3 is 2.93 bits per heavy atom. The van der Waals surface area contributed by atoms with Crippen LogP contribution in [0.15, 0.2) is 30.5 Å².